The minimum absolute atomic E-state index is 0.0907. The van der Waals surface area contributed by atoms with Gasteiger partial charge in [0.15, 0.2) is 0 Å². The summed E-state index contributed by atoms with van der Waals surface area (Å²) in [5, 5.41) is 9.16. The number of aryl methyl sites for hydroxylation is 2. The van der Waals surface area contributed by atoms with Crippen molar-refractivity contribution in [2.45, 2.75) is 37.6 Å². The molecule has 1 aromatic rings. The molecular formula is C13H20N2O5S. The fraction of sp³-hybridized carbons (Fsp3) is 0.615. The Hall–Kier alpha value is -1.38. The van der Waals surface area contributed by atoms with E-state index in [4.69, 9.17) is 9.52 Å². The zero-order chi connectivity index (χ0) is 15.8. The summed E-state index contributed by atoms with van der Waals surface area (Å²) in [6.45, 7) is 3.71. The van der Waals surface area contributed by atoms with Gasteiger partial charge in [-0.15, -0.1) is 0 Å². The van der Waals surface area contributed by atoms with Crippen LogP contribution in [0.5, 0.6) is 0 Å². The molecule has 0 unspecified atom stereocenters. The first kappa shape index (κ1) is 16.0. The van der Waals surface area contributed by atoms with Gasteiger partial charge in [0.25, 0.3) is 0 Å². The van der Waals surface area contributed by atoms with Crippen molar-refractivity contribution in [1.29, 1.82) is 0 Å². The number of carbonyl (C=O) groups is 1. The SMILES string of the molecule is Cc1oc(C)c(S(=O)(=O)NCCN(C)C2CC2)c1C(=O)O. The summed E-state index contributed by atoms with van der Waals surface area (Å²) in [7, 11) is -1.95. The smallest absolute Gasteiger partial charge is 0.340 e. The molecule has 1 aromatic heterocycles. The summed E-state index contributed by atoms with van der Waals surface area (Å²) < 4.78 is 32.2. The predicted molar refractivity (Wildman–Crippen MR) is 76.0 cm³/mol. The number of rotatable bonds is 7. The van der Waals surface area contributed by atoms with Crippen molar-refractivity contribution in [2.24, 2.45) is 0 Å². The lowest BCUT2D eigenvalue weighted by atomic mass is 10.2. The van der Waals surface area contributed by atoms with Gasteiger partial charge in [-0.3, -0.25) is 0 Å². The van der Waals surface area contributed by atoms with Gasteiger partial charge in [-0.05, 0) is 33.7 Å². The summed E-state index contributed by atoms with van der Waals surface area (Å²) >= 11 is 0. The Morgan fingerprint density at radius 3 is 2.52 bits per heavy atom. The Balaban J connectivity index is 2.13. The van der Waals surface area contributed by atoms with E-state index in [1.54, 1.807) is 0 Å². The summed E-state index contributed by atoms with van der Waals surface area (Å²) in [4.78, 5) is 13.0. The summed E-state index contributed by atoms with van der Waals surface area (Å²) in [5.41, 5.74) is -0.296. The molecule has 1 fully saturated rings. The lowest BCUT2D eigenvalue weighted by molar-refractivity contribution is 0.0691. The fourth-order valence-electron chi connectivity index (χ4n) is 2.36. The third kappa shape index (κ3) is 3.45. The third-order valence-corrected chi connectivity index (χ3v) is 5.23. The Bertz CT molecular complexity index is 646. The minimum Gasteiger partial charge on any atom is -0.478 e. The quantitative estimate of drug-likeness (QED) is 0.777. The lowest BCUT2D eigenvalue weighted by Crippen LogP contribution is -2.34. The molecule has 2 N–H and O–H groups in total. The fourth-order valence-corrected chi connectivity index (χ4v) is 3.78. The van der Waals surface area contributed by atoms with Gasteiger partial charge in [-0.2, -0.15) is 0 Å². The molecule has 0 amide bonds. The largest absolute Gasteiger partial charge is 0.478 e. The van der Waals surface area contributed by atoms with Crippen LogP contribution < -0.4 is 4.72 Å². The molecule has 0 saturated heterocycles. The molecule has 7 nitrogen and oxygen atoms in total. The van der Waals surface area contributed by atoms with Crippen molar-refractivity contribution in [3.8, 4) is 0 Å². The van der Waals surface area contributed by atoms with Crippen LogP contribution in [0, 0.1) is 13.8 Å². The van der Waals surface area contributed by atoms with Crippen molar-refractivity contribution < 1.29 is 22.7 Å². The second kappa shape index (κ2) is 5.78. The number of hydrogen-bond donors (Lipinski definition) is 2. The number of nitrogens with zero attached hydrogens (tertiary/aromatic N) is 1. The number of carboxylic acid groups (broad SMARTS) is 1. The Kier molecular flexibility index (Phi) is 4.40. The van der Waals surface area contributed by atoms with E-state index >= 15 is 0 Å². The third-order valence-electron chi connectivity index (χ3n) is 3.61. The monoisotopic (exact) mass is 316 g/mol. The standard InChI is InChI=1S/C13H20N2O5S/c1-8-11(13(16)17)12(9(2)20-8)21(18,19)14-6-7-15(3)10-4-5-10/h10,14H,4-7H2,1-3H3,(H,16,17). The van der Waals surface area contributed by atoms with E-state index in [2.05, 4.69) is 9.62 Å². The molecule has 1 heterocycles. The summed E-state index contributed by atoms with van der Waals surface area (Å²) in [5.74, 6) is -1.12. The van der Waals surface area contributed by atoms with E-state index in [1.165, 1.54) is 13.8 Å². The first-order valence-electron chi connectivity index (χ1n) is 6.77. The predicted octanol–water partition coefficient (Wildman–Crippen LogP) is 0.967. The number of aromatic carboxylic acids is 1. The van der Waals surface area contributed by atoms with Gasteiger partial charge in [-0.25, -0.2) is 17.9 Å². The zero-order valence-corrected chi connectivity index (χ0v) is 13.2. The topological polar surface area (TPSA) is 99.9 Å². The highest BCUT2D eigenvalue weighted by molar-refractivity contribution is 7.89. The molecule has 0 aliphatic heterocycles. The maximum Gasteiger partial charge on any atom is 0.340 e. The first-order valence-corrected chi connectivity index (χ1v) is 8.25. The zero-order valence-electron chi connectivity index (χ0n) is 12.3. The number of sulfonamides is 1. The van der Waals surface area contributed by atoms with E-state index in [9.17, 15) is 13.2 Å². The highest BCUT2D eigenvalue weighted by Gasteiger charge is 2.31. The maximum absolute atomic E-state index is 12.3. The van der Waals surface area contributed by atoms with Gasteiger partial charge < -0.3 is 14.4 Å². The molecule has 8 heteroatoms. The molecule has 0 spiro atoms. The Morgan fingerprint density at radius 2 is 2.00 bits per heavy atom. The molecule has 1 saturated carbocycles. The second-order valence-corrected chi connectivity index (χ2v) is 7.04. The van der Waals surface area contributed by atoms with Crippen LogP contribution in [0.2, 0.25) is 0 Å². The van der Waals surface area contributed by atoms with Crippen LogP contribution in [0.25, 0.3) is 0 Å². The van der Waals surface area contributed by atoms with Gasteiger partial charge in [0, 0.05) is 19.1 Å². The van der Waals surface area contributed by atoms with Crippen LogP contribution >= 0.6 is 0 Å². The Labute approximate surface area is 124 Å². The van der Waals surface area contributed by atoms with Crippen molar-refractivity contribution in [1.82, 2.24) is 9.62 Å². The van der Waals surface area contributed by atoms with Gasteiger partial charge in [-0.1, -0.05) is 0 Å². The first-order chi connectivity index (χ1) is 9.74. The van der Waals surface area contributed by atoms with Crippen LogP contribution in [0.15, 0.2) is 9.31 Å². The molecule has 2 rings (SSSR count). The second-order valence-electron chi connectivity index (χ2n) is 5.33. The van der Waals surface area contributed by atoms with E-state index in [0.29, 0.717) is 12.6 Å². The highest BCUT2D eigenvalue weighted by Crippen LogP contribution is 2.27. The average molecular weight is 316 g/mol. The molecule has 0 aromatic carbocycles. The number of furan rings is 1. The number of hydrogen-bond acceptors (Lipinski definition) is 5. The number of likely N-dealkylation sites (N-methyl/N-ethyl adjacent to an activating group) is 1. The van der Waals surface area contributed by atoms with Crippen molar-refractivity contribution >= 4 is 16.0 Å². The van der Waals surface area contributed by atoms with Gasteiger partial charge in [0.1, 0.15) is 22.0 Å². The van der Waals surface area contributed by atoms with Gasteiger partial charge >= 0.3 is 5.97 Å². The molecule has 1 aliphatic carbocycles. The van der Waals surface area contributed by atoms with Gasteiger partial charge in [0.05, 0.1) is 0 Å². The summed E-state index contributed by atoms with van der Waals surface area (Å²) in [6, 6.07) is 0.544. The lowest BCUT2D eigenvalue weighted by Gasteiger charge is -2.15. The van der Waals surface area contributed by atoms with Crippen LogP contribution in [-0.4, -0.2) is 50.6 Å². The van der Waals surface area contributed by atoms with Gasteiger partial charge in [0.2, 0.25) is 10.0 Å². The van der Waals surface area contributed by atoms with Crippen LogP contribution in [0.3, 0.4) is 0 Å². The van der Waals surface area contributed by atoms with Crippen molar-refractivity contribution in [3.05, 3.63) is 17.1 Å². The van der Waals surface area contributed by atoms with E-state index < -0.39 is 16.0 Å². The van der Waals surface area contributed by atoms with Crippen LogP contribution in [-0.2, 0) is 10.0 Å². The molecule has 0 bridgehead atoms. The van der Waals surface area contributed by atoms with Crippen molar-refractivity contribution in [2.75, 3.05) is 20.1 Å². The molecule has 0 atom stereocenters. The molecule has 1 aliphatic rings. The average Bonchev–Trinajstić information content (AvgIpc) is 3.14. The highest BCUT2D eigenvalue weighted by atomic mass is 32.2. The molecule has 0 radical (unpaired) electrons. The summed E-state index contributed by atoms with van der Waals surface area (Å²) in [6.07, 6.45) is 2.29. The maximum atomic E-state index is 12.3. The Morgan fingerprint density at radius 1 is 1.38 bits per heavy atom. The number of carboxylic acids is 1. The number of nitrogens with one attached hydrogen (secondary N) is 1. The van der Waals surface area contributed by atoms with E-state index in [1.807, 2.05) is 7.05 Å². The van der Waals surface area contributed by atoms with Crippen LogP contribution in [0.1, 0.15) is 34.7 Å². The van der Waals surface area contributed by atoms with E-state index in [0.717, 1.165) is 12.8 Å². The molecule has 118 valence electrons. The van der Waals surface area contributed by atoms with Crippen LogP contribution in [0.4, 0.5) is 0 Å². The van der Waals surface area contributed by atoms with E-state index in [-0.39, 0.29) is 28.5 Å². The minimum atomic E-state index is -3.90. The van der Waals surface area contributed by atoms with Crippen molar-refractivity contribution in [3.63, 3.8) is 0 Å². The molecule has 21 heavy (non-hydrogen) atoms. The normalized spacial score (nSPS) is 15.6. The molecular weight excluding hydrogens is 296 g/mol.